The molecule has 1 fully saturated rings. The van der Waals surface area contributed by atoms with Crippen LogP contribution in [-0.4, -0.2) is 11.8 Å². The molecule has 0 spiro atoms. The van der Waals surface area contributed by atoms with Crippen molar-refractivity contribution in [3.05, 3.63) is 59.2 Å². The summed E-state index contributed by atoms with van der Waals surface area (Å²) in [6.45, 7) is 4.06. The van der Waals surface area contributed by atoms with E-state index in [1.54, 1.807) is 12.1 Å². The highest BCUT2D eigenvalue weighted by Crippen LogP contribution is 2.26. The minimum Gasteiger partial charge on any atom is -0.325 e. The highest BCUT2D eigenvalue weighted by Gasteiger charge is 2.22. The Bertz CT molecular complexity index is 808. The van der Waals surface area contributed by atoms with Crippen LogP contribution in [0, 0.1) is 19.8 Å². The summed E-state index contributed by atoms with van der Waals surface area (Å²) in [4.78, 5) is 25.3. The van der Waals surface area contributed by atoms with Crippen LogP contribution in [-0.2, 0) is 4.79 Å². The monoisotopic (exact) mass is 350 g/mol. The van der Waals surface area contributed by atoms with Crippen LogP contribution < -0.4 is 10.6 Å². The molecule has 0 heterocycles. The van der Waals surface area contributed by atoms with Gasteiger partial charge in [-0.15, -0.1) is 0 Å². The predicted octanol–water partition coefficient (Wildman–Crippen LogP) is 5.07. The van der Waals surface area contributed by atoms with Crippen LogP contribution in [0.2, 0.25) is 0 Å². The largest absolute Gasteiger partial charge is 0.325 e. The number of aryl methyl sites for hydroxylation is 2. The van der Waals surface area contributed by atoms with Gasteiger partial charge in [0.1, 0.15) is 0 Å². The lowest BCUT2D eigenvalue weighted by Gasteiger charge is -2.21. The molecule has 0 aromatic heterocycles. The Morgan fingerprint density at radius 1 is 0.885 bits per heavy atom. The third kappa shape index (κ3) is 4.31. The molecule has 1 aliphatic carbocycles. The number of carbonyl (C=O) groups excluding carboxylic acids is 2. The summed E-state index contributed by atoms with van der Waals surface area (Å²) in [6, 6.07) is 13.0. The Morgan fingerprint density at radius 3 is 2.35 bits per heavy atom. The smallest absolute Gasteiger partial charge is 0.257 e. The first-order valence-electron chi connectivity index (χ1n) is 9.33. The van der Waals surface area contributed by atoms with Crippen molar-refractivity contribution in [2.75, 3.05) is 10.6 Å². The molecule has 2 N–H and O–H groups in total. The van der Waals surface area contributed by atoms with Gasteiger partial charge in [0.25, 0.3) is 5.91 Å². The molecule has 136 valence electrons. The maximum Gasteiger partial charge on any atom is 0.257 e. The lowest BCUT2D eigenvalue weighted by molar-refractivity contribution is -0.120. The Balaban J connectivity index is 1.74. The fourth-order valence-electron chi connectivity index (χ4n) is 3.41. The predicted molar refractivity (Wildman–Crippen MR) is 106 cm³/mol. The van der Waals surface area contributed by atoms with Crippen LogP contribution in [0.1, 0.15) is 53.6 Å². The number of anilines is 2. The molecule has 2 amide bonds. The summed E-state index contributed by atoms with van der Waals surface area (Å²) in [7, 11) is 0. The van der Waals surface area contributed by atoms with Crippen LogP contribution in [0.5, 0.6) is 0 Å². The molecule has 4 nitrogen and oxygen atoms in total. The molecular formula is C22H26N2O2. The lowest BCUT2D eigenvalue weighted by atomic mass is 9.88. The van der Waals surface area contributed by atoms with Crippen LogP contribution in [0.3, 0.4) is 0 Å². The van der Waals surface area contributed by atoms with Crippen molar-refractivity contribution >= 4 is 23.2 Å². The molecule has 0 atom stereocenters. The van der Waals surface area contributed by atoms with Gasteiger partial charge < -0.3 is 10.6 Å². The van der Waals surface area contributed by atoms with Crippen LogP contribution in [0.25, 0.3) is 0 Å². The highest BCUT2D eigenvalue weighted by atomic mass is 16.2. The first kappa shape index (κ1) is 18.2. The lowest BCUT2D eigenvalue weighted by Crippen LogP contribution is -2.26. The topological polar surface area (TPSA) is 58.2 Å². The second-order valence-electron chi connectivity index (χ2n) is 7.12. The van der Waals surface area contributed by atoms with Gasteiger partial charge in [-0.25, -0.2) is 0 Å². The Hall–Kier alpha value is -2.62. The quantitative estimate of drug-likeness (QED) is 0.808. The summed E-state index contributed by atoms with van der Waals surface area (Å²) >= 11 is 0. The number of amides is 2. The van der Waals surface area contributed by atoms with Crippen molar-refractivity contribution in [3.8, 4) is 0 Å². The van der Waals surface area contributed by atoms with Gasteiger partial charge in [-0.1, -0.05) is 37.5 Å². The van der Waals surface area contributed by atoms with Crippen molar-refractivity contribution in [3.63, 3.8) is 0 Å². The summed E-state index contributed by atoms with van der Waals surface area (Å²) < 4.78 is 0. The third-order valence-corrected chi connectivity index (χ3v) is 5.17. The van der Waals surface area contributed by atoms with Crippen molar-refractivity contribution < 1.29 is 9.59 Å². The number of hydrogen-bond acceptors (Lipinski definition) is 2. The molecule has 0 radical (unpaired) electrons. The van der Waals surface area contributed by atoms with Crippen molar-refractivity contribution in [2.24, 2.45) is 5.92 Å². The van der Waals surface area contributed by atoms with Crippen molar-refractivity contribution in [1.82, 2.24) is 0 Å². The SMILES string of the molecule is Cc1ccc(NC(=O)c2ccccc2NC(=O)C2CCCCC2)cc1C. The molecule has 0 aliphatic heterocycles. The fourth-order valence-corrected chi connectivity index (χ4v) is 3.41. The van der Waals surface area contributed by atoms with Gasteiger partial charge in [0.2, 0.25) is 5.91 Å². The van der Waals surface area contributed by atoms with Gasteiger partial charge in [0.05, 0.1) is 11.3 Å². The Kier molecular flexibility index (Phi) is 5.71. The second kappa shape index (κ2) is 8.17. The van der Waals surface area contributed by atoms with Gasteiger partial charge in [-0.05, 0) is 62.1 Å². The first-order valence-corrected chi connectivity index (χ1v) is 9.33. The van der Waals surface area contributed by atoms with Crippen LogP contribution in [0.4, 0.5) is 11.4 Å². The average Bonchev–Trinajstić information content (AvgIpc) is 2.66. The number of carbonyl (C=O) groups is 2. The van der Waals surface area contributed by atoms with Gasteiger partial charge in [-0.3, -0.25) is 9.59 Å². The molecule has 26 heavy (non-hydrogen) atoms. The van der Waals surface area contributed by atoms with Crippen molar-refractivity contribution in [1.29, 1.82) is 0 Å². The zero-order chi connectivity index (χ0) is 18.5. The maximum absolute atomic E-state index is 12.7. The van der Waals surface area contributed by atoms with E-state index >= 15 is 0 Å². The van der Waals surface area contributed by atoms with E-state index in [1.165, 1.54) is 12.0 Å². The van der Waals surface area contributed by atoms with E-state index in [0.29, 0.717) is 11.3 Å². The van der Waals surface area contributed by atoms with Crippen LogP contribution in [0.15, 0.2) is 42.5 Å². The van der Waals surface area contributed by atoms with E-state index in [9.17, 15) is 9.59 Å². The first-order chi connectivity index (χ1) is 12.5. The van der Waals surface area contributed by atoms with E-state index in [0.717, 1.165) is 36.9 Å². The molecule has 1 aliphatic rings. The zero-order valence-corrected chi connectivity index (χ0v) is 15.5. The van der Waals surface area contributed by atoms with E-state index in [4.69, 9.17) is 0 Å². The summed E-state index contributed by atoms with van der Waals surface area (Å²) in [5.74, 6) is -0.136. The van der Waals surface area contributed by atoms with Gasteiger partial charge >= 0.3 is 0 Å². The van der Waals surface area contributed by atoms with E-state index in [1.807, 2.05) is 44.2 Å². The number of rotatable bonds is 4. The van der Waals surface area contributed by atoms with E-state index in [-0.39, 0.29) is 17.7 Å². The van der Waals surface area contributed by atoms with Gasteiger partial charge in [0, 0.05) is 11.6 Å². The van der Waals surface area contributed by atoms with Crippen molar-refractivity contribution in [2.45, 2.75) is 46.0 Å². The number of para-hydroxylation sites is 1. The fraction of sp³-hybridized carbons (Fsp3) is 0.364. The second-order valence-corrected chi connectivity index (χ2v) is 7.12. The molecule has 2 aromatic rings. The molecular weight excluding hydrogens is 324 g/mol. The Morgan fingerprint density at radius 2 is 1.62 bits per heavy atom. The molecule has 0 bridgehead atoms. The van der Waals surface area contributed by atoms with E-state index in [2.05, 4.69) is 10.6 Å². The molecule has 2 aromatic carbocycles. The summed E-state index contributed by atoms with van der Waals surface area (Å²) in [5, 5.41) is 5.90. The third-order valence-electron chi connectivity index (χ3n) is 5.17. The standard InChI is InChI=1S/C22H26N2O2/c1-15-12-13-18(14-16(15)2)23-22(26)19-10-6-7-11-20(19)24-21(25)17-8-4-3-5-9-17/h6-7,10-14,17H,3-5,8-9H2,1-2H3,(H,23,26)(H,24,25). The normalized spacial score (nSPS) is 14.7. The minimum atomic E-state index is -0.215. The van der Waals surface area contributed by atoms with Gasteiger partial charge in [0.15, 0.2) is 0 Å². The number of nitrogens with one attached hydrogen (secondary N) is 2. The van der Waals surface area contributed by atoms with E-state index < -0.39 is 0 Å². The molecule has 4 heteroatoms. The summed E-state index contributed by atoms with van der Waals surface area (Å²) in [5.41, 5.74) is 4.12. The maximum atomic E-state index is 12.7. The minimum absolute atomic E-state index is 0.0242. The molecule has 3 rings (SSSR count). The zero-order valence-electron chi connectivity index (χ0n) is 15.5. The number of benzene rings is 2. The Labute approximate surface area is 155 Å². The molecule has 0 unspecified atom stereocenters. The molecule has 1 saturated carbocycles. The highest BCUT2D eigenvalue weighted by molar-refractivity contribution is 6.10. The number of hydrogen-bond donors (Lipinski definition) is 2. The average molecular weight is 350 g/mol. The van der Waals surface area contributed by atoms with Gasteiger partial charge in [-0.2, -0.15) is 0 Å². The van der Waals surface area contributed by atoms with Crippen LogP contribution >= 0.6 is 0 Å². The molecule has 0 saturated heterocycles. The summed E-state index contributed by atoms with van der Waals surface area (Å²) in [6.07, 6.45) is 5.28.